The minimum atomic E-state index is -0.125. The number of morpholine rings is 1. The number of ether oxygens (including phenoxy) is 1. The van der Waals surface area contributed by atoms with Crippen LogP contribution >= 0.6 is 0 Å². The molecule has 1 amide bonds. The largest absolute Gasteiger partial charge is 0.378 e. The number of amides is 1. The summed E-state index contributed by atoms with van der Waals surface area (Å²) in [6.07, 6.45) is 12.8. The summed E-state index contributed by atoms with van der Waals surface area (Å²) < 4.78 is 10.2. The number of aliphatic imine (C=N–C) groups is 2. The number of benzene rings is 1. The lowest BCUT2D eigenvalue weighted by atomic mass is 9.89. The average Bonchev–Trinajstić information content (AvgIpc) is 3.42. The molecule has 0 aromatic heterocycles. The zero-order valence-electron chi connectivity index (χ0n) is 21.7. The lowest BCUT2D eigenvalue weighted by Gasteiger charge is -2.34. The summed E-state index contributed by atoms with van der Waals surface area (Å²) in [4.78, 5) is 24.7. The number of nitrogens with zero attached hydrogens (tertiary/aromatic N) is 4. The van der Waals surface area contributed by atoms with Gasteiger partial charge in [0.15, 0.2) is 0 Å². The molecule has 6 rings (SSSR count). The molecule has 0 bridgehead atoms. The van der Waals surface area contributed by atoms with Crippen LogP contribution in [0.2, 0.25) is 0 Å². The molecule has 7 heteroatoms. The van der Waals surface area contributed by atoms with Crippen LogP contribution in [0.3, 0.4) is 0 Å². The molecule has 2 atom stereocenters. The van der Waals surface area contributed by atoms with Crippen molar-refractivity contribution in [2.24, 2.45) is 15.9 Å². The fraction of sp³-hybridized carbons (Fsp3) is 0.323. The van der Waals surface area contributed by atoms with Gasteiger partial charge in [0.25, 0.3) is 12.1 Å². The molecule has 1 saturated heterocycles. The normalized spacial score (nSPS) is 25.6. The fourth-order valence-corrected chi connectivity index (χ4v) is 5.66. The molecule has 192 valence electrons. The highest BCUT2D eigenvalue weighted by atomic mass is 16.5. The van der Waals surface area contributed by atoms with Gasteiger partial charge in [-0.05, 0) is 49.1 Å². The third-order valence-corrected chi connectivity index (χ3v) is 7.76. The Balaban J connectivity index is 1.25. The monoisotopic (exact) mass is 506 g/mol. The van der Waals surface area contributed by atoms with E-state index in [1.54, 1.807) is 0 Å². The smallest absolute Gasteiger partial charge is 0.332 e. The van der Waals surface area contributed by atoms with Gasteiger partial charge in [-0.1, -0.05) is 36.0 Å². The van der Waals surface area contributed by atoms with Crippen molar-refractivity contribution in [2.45, 2.75) is 32.2 Å². The number of carbonyl (C=O) groups excluding carboxylic acids is 1. The number of carbonyl (C=O) groups is 1. The molecule has 5 aliphatic heterocycles. The Morgan fingerprint density at radius 2 is 2.08 bits per heavy atom. The molecule has 2 unspecified atom stereocenters. The minimum Gasteiger partial charge on any atom is -0.378 e. The first kappa shape index (κ1) is 24.3. The second-order valence-electron chi connectivity index (χ2n) is 10.2. The molecule has 0 radical (unpaired) electrons. The predicted molar refractivity (Wildman–Crippen MR) is 156 cm³/mol. The highest BCUT2D eigenvalue weighted by Gasteiger charge is 2.35. The van der Waals surface area contributed by atoms with E-state index in [4.69, 9.17) is 14.4 Å². The molecular weight excluding hydrogens is 474 g/mol. The summed E-state index contributed by atoms with van der Waals surface area (Å²) in [5.74, 6) is -0.104. The van der Waals surface area contributed by atoms with Gasteiger partial charge in [0.2, 0.25) is 0 Å². The Labute approximate surface area is 223 Å². The van der Waals surface area contributed by atoms with E-state index in [0.29, 0.717) is 18.8 Å². The maximum atomic E-state index is 13.0. The Morgan fingerprint density at radius 3 is 2.82 bits per heavy atom. The molecule has 38 heavy (non-hydrogen) atoms. The summed E-state index contributed by atoms with van der Waals surface area (Å²) in [5, 5.41) is 3.00. The molecule has 1 aromatic carbocycles. The lowest BCUT2D eigenvalue weighted by Crippen LogP contribution is -2.39. The van der Waals surface area contributed by atoms with Crippen LogP contribution in [-0.4, -0.2) is 67.0 Å². The molecule has 1 N–H and O–H groups in total. The van der Waals surface area contributed by atoms with Crippen LogP contribution in [-0.2, 0) is 9.53 Å². The van der Waals surface area contributed by atoms with Gasteiger partial charge in [0, 0.05) is 42.2 Å². The highest BCUT2D eigenvalue weighted by molar-refractivity contribution is 6.36. The SMILES string of the molecule is C=C1C(/C=C2\C(=O)Nc3ccc(C4=CCC(C5=CCCC=N5)=[N+]=C4)cc32)=NC(C)C1C(=C)N1CCOCC1. The van der Waals surface area contributed by atoms with Crippen LogP contribution in [0.15, 0.2) is 76.5 Å². The van der Waals surface area contributed by atoms with Crippen molar-refractivity contribution in [3.05, 3.63) is 77.7 Å². The van der Waals surface area contributed by atoms with Crippen LogP contribution in [0.5, 0.6) is 0 Å². The van der Waals surface area contributed by atoms with Crippen molar-refractivity contribution in [3.8, 4) is 0 Å². The summed E-state index contributed by atoms with van der Waals surface area (Å²) in [5.41, 5.74) is 8.99. The van der Waals surface area contributed by atoms with E-state index in [1.165, 1.54) is 0 Å². The van der Waals surface area contributed by atoms with E-state index in [2.05, 4.69) is 53.5 Å². The van der Waals surface area contributed by atoms with Crippen LogP contribution < -0.4 is 9.98 Å². The number of rotatable bonds is 5. The van der Waals surface area contributed by atoms with Gasteiger partial charge in [-0.2, -0.15) is 0 Å². The molecule has 5 aliphatic rings. The van der Waals surface area contributed by atoms with E-state index in [0.717, 1.165) is 83.1 Å². The van der Waals surface area contributed by atoms with Crippen LogP contribution in [0, 0.1) is 5.92 Å². The van der Waals surface area contributed by atoms with Gasteiger partial charge in [0.05, 0.1) is 42.5 Å². The second kappa shape index (κ2) is 10.0. The van der Waals surface area contributed by atoms with E-state index in [9.17, 15) is 4.79 Å². The van der Waals surface area contributed by atoms with Crippen molar-refractivity contribution in [1.29, 1.82) is 0 Å². The van der Waals surface area contributed by atoms with E-state index < -0.39 is 0 Å². The Hall–Kier alpha value is -4.06. The number of fused-ring (bicyclic) bond motifs is 1. The van der Waals surface area contributed by atoms with E-state index >= 15 is 0 Å². The number of nitrogens with one attached hydrogen (secondary N) is 1. The van der Waals surface area contributed by atoms with Gasteiger partial charge in [-0.25, -0.2) is 0 Å². The first-order chi connectivity index (χ1) is 18.5. The number of allylic oxidation sites excluding steroid dienone is 5. The van der Waals surface area contributed by atoms with Crippen molar-refractivity contribution in [1.82, 2.24) is 9.57 Å². The van der Waals surface area contributed by atoms with Gasteiger partial charge in [0.1, 0.15) is 5.70 Å². The zero-order chi connectivity index (χ0) is 26.2. The summed E-state index contributed by atoms with van der Waals surface area (Å²) >= 11 is 0. The first-order valence-electron chi connectivity index (χ1n) is 13.3. The highest BCUT2D eigenvalue weighted by Crippen LogP contribution is 2.38. The number of hydrogen-bond acceptors (Lipinski definition) is 5. The van der Waals surface area contributed by atoms with Crippen LogP contribution in [0.1, 0.15) is 37.3 Å². The van der Waals surface area contributed by atoms with Gasteiger partial charge < -0.3 is 15.0 Å². The topological polar surface area (TPSA) is 80.4 Å². The number of anilines is 1. The average molecular weight is 507 g/mol. The molecule has 5 heterocycles. The van der Waals surface area contributed by atoms with Crippen molar-refractivity contribution < 1.29 is 9.53 Å². The summed E-state index contributed by atoms with van der Waals surface area (Å²) in [6.45, 7) is 13.9. The standard InChI is InChI=1S/C31H31N5O2/c1-19-29(34-20(2)30(19)21(3)36-12-14-38-15-13-36)17-25-24-16-22(7-9-26(24)35-31(25)37)23-8-10-28(33-18-23)27-6-4-5-11-32-27/h6-9,11,16-18,20,30H,1,3-5,10,12-15H2,2H3/p+1. The zero-order valence-corrected chi connectivity index (χ0v) is 21.7. The van der Waals surface area contributed by atoms with E-state index in [1.807, 2.05) is 30.6 Å². The minimum absolute atomic E-state index is 0.0117. The molecule has 1 fully saturated rings. The summed E-state index contributed by atoms with van der Waals surface area (Å²) in [7, 11) is 0. The molecule has 0 saturated carbocycles. The van der Waals surface area contributed by atoms with E-state index in [-0.39, 0.29) is 17.9 Å². The van der Waals surface area contributed by atoms with Crippen LogP contribution in [0.25, 0.3) is 11.1 Å². The maximum absolute atomic E-state index is 13.0. The third kappa shape index (κ3) is 4.44. The Morgan fingerprint density at radius 1 is 1.24 bits per heavy atom. The first-order valence-corrected chi connectivity index (χ1v) is 13.3. The fourth-order valence-electron chi connectivity index (χ4n) is 5.66. The predicted octanol–water partition coefficient (Wildman–Crippen LogP) is 4.00. The molecule has 7 nitrogen and oxygen atoms in total. The van der Waals surface area contributed by atoms with Crippen molar-refractivity contribution in [2.75, 3.05) is 31.6 Å². The summed E-state index contributed by atoms with van der Waals surface area (Å²) in [6, 6.07) is 6.06. The molecule has 0 spiro atoms. The van der Waals surface area contributed by atoms with Gasteiger partial charge in [-0.3, -0.25) is 14.8 Å². The van der Waals surface area contributed by atoms with Gasteiger partial charge >= 0.3 is 5.71 Å². The quantitative estimate of drug-likeness (QED) is 0.484. The second-order valence-corrected chi connectivity index (χ2v) is 10.2. The molecule has 1 aromatic rings. The molecular formula is C31H32N5O2+. The third-order valence-electron chi connectivity index (χ3n) is 7.76. The number of hydrogen-bond donors (Lipinski definition) is 1. The Bertz CT molecular complexity index is 1460. The maximum Gasteiger partial charge on any atom is 0.332 e. The Kier molecular flexibility index (Phi) is 6.40. The lowest BCUT2D eigenvalue weighted by molar-refractivity contribution is -0.110. The van der Waals surface area contributed by atoms with Crippen molar-refractivity contribution >= 4 is 46.6 Å². The van der Waals surface area contributed by atoms with Gasteiger partial charge in [-0.15, -0.1) is 0 Å². The van der Waals surface area contributed by atoms with Crippen LogP contribution in [0.4, 0.5) is 5.69 Å². The molecule has 0 aliphatic carbocycles. The van der Waals surface area contributed by atoms with Crippen molar-refractivity contribution in [3.63, 3.8) is 0 Å².